The van der Waals surface area contributed by atoms with E-state index in [0.29, 0.717) is 12.2 Å². The number of halogens is 1. The Hall–Kier alpha value is -1.36. The molecule has 0 saturated heterocycles. The molecule has 1 aromatic carbocycles. The lowest BCUT2D eigenvalue weighted by atomic mass is 10.2. The van der Waals surface area contributed by atoms with Gasteiger partial charge in [-0.1, -0.05) is 35.7 Å². The molecule has 0 aromatic heterocycles. The molecule has 4 nitrogen and oxygen atoms in total. The van der Waals surface area contributed by atoms with Crippen LogP contribution in [0.2, 0.25) is 0 Å². The fourth-order valence-corrected chi connectivity index (χ4v) is 1.64. The molecule has 98 valence electrons. The van der Waals surface area contributed by atoms with Gasteiger partial charge in [0.05, 0.1) is 0 Å². The van der Waals surface area contributed by atoms with Crippen LogP contribution in [-0.2, 0) is 9.59 Å². The molecule has 2 amide bonds. The van der Waals surface area contributed by atoms with Gasteiger partial charge in [-0.05, 0) is 30.7 Å². The molecule has 18 heavy (non-hydrogen) atoms. The normalized spacial score (nSPS) is 9.89. The summed E-state index contributed by atoms with van der Waals surface area (Å²) in [7, 11) is 0. The zero-order valence-electron chi connectivity index (χ0n) is 10.3. The van der Waals surface area contributed by atoms with Crippen LogP contribution >= 0.6 is 15.9 Å². The summed E-state index contributed by atoms with van der Waals surface area (Å²) in [6, 6.07) is 7.06. The highest BCUT2D eigenvalue weighted by atomic mass is 79.9. The average Bonchev–Trinajstić information content (AvgIpc) is 2.37. The number of hydrogen-bond donors (Lipinski definition) is 2. The van der Waals surface area contributed by atoms with E-state index in [1.807, 2.05) is 0 Å². The van der Waals surface area contributed by atoms with Crippen molar-refractivity contribution in [1.29, 1.82) is 0 Å². The molecule has 5 heteroatoms. The smallest absolute Gasteiger partial charge is 0.313 e. The van der Waals surface area contributed by atoms with Crippen molar-refractivity contribution in [2.75, 3.05) is 11.9 Å². The summed E-state index contributed by atoms with van der Waals surface area (Å²) >= 11 is 3.30. The van der Waals surface area contributed by atoms with Gasteiger partial charge in [-0.15, -0.1) is 0 Å². The largest absolute Gasteiger partial charge is 0.348 e. The highest BCUT2D eigenvalue weighted by Crippen LogP contribution is 2.13. The highest BCUT2D eigenvalue weighted by Gasteiger charge is 2.12. The molecule has 0 aliphatic rings. The molecule has 0 fully saturated rings. The zero-order chi connectivity index (χ0) is 13.4. The van der Waals surface area contributed by atoms with Gasteiger partial charge in [0.2, 0.25) is 0 Å². The Kier molecular flexibility index (Phi) is 6.43. The predicted octanol–water partition coefficient (Wildman–Crippen LogP) is 2.69. The Morgan fingerprint density at radius 1 is 1.11 bits per heavy atom. The van der Waals surface area contributed by atoms with Crippen molar-refractivity contribution in [3.05, 3.63) is 28.7 Å². The Balaban J connectivity index is 2.35. The van der Waals surface area contributed by atoms with Crippen molar-refractivity contribution < 1.29 is 9.59 Å². The van der Waals surface area contributed by atoms with E-state index in [-0.39, 0.29) is 0 Å². The molecular weight excluding hydrogens is 296 g/mol. The summed E-state index contributed by atoms with van der Waals surface area (Å²) in [5.74, 6) is -1.22. The third kappa shape index (κ3) is 5.31. The van der Waals surface area contributed by atoms with E-state index < -0.39 is 11.8 Å². The Bertz CT molecular complexity index is 404. The van der Waals surface area contributed by atoms with Crippen LogP contribution in [0.4, 0.5) is 5.69 Å². The molecule has 0 saturated carbocycles. The molecule has 0 atom stereocenters. The first kappa shape index (κ1) is 14.7. The number of nitrogens with one attached hydrogen (secondary N) is 2. The summed E-state index contributed by atoms with van der Waals surface area (Å²) in [4.78, 5) is 23.0. The number of unbranched alkanes of at least 4 members (excludes halogenated alkanes) is 2. The van der Waals surface area contributed by atoms with Crippen molar-refractivity contribution in [2.45, 2.75) is 26.2 Å². The van der Waals surface area contributed by atoms with Crippen LogP contribution in [0.3, 0.4) is 0 Å². The minimum Gasteiger partial charge on any atom is -0.348 e. The summed E-state index contributed by atoms with van der Waals surface area (Å²) in [5, 5.41) is 5.13. The van der Waals surface area contributed by atoms with Crippen LogP contribution < -0.4 is 10.6 Å². The summed E-state index contributed by atoms with van der Waals surface area (Å²) < 4.78 is 0.921. The molecule has 0 heterocycles. The van der Waals surface area contributed by atoms with E-state index in [9.17, 15) is 9.59 Å². The van der Waals surface area contributed by atoms with E-state index in [2.05, 4.69) is 33.5 Å². The van der Waals surface area contributed by atoms with Gasteiger partial charge in [-0.2, -0.15) is 0 Å². The van der Waals surface area contributed by atoms with Crippen LogP contribution in [0.25, 0.3) is 0 Å². The number of rotatable bonds is 5. The second kappa shape index (κ2) is 7.87. The summed E-state index contributed by atoms with van der Waals surface area (Å²) in [5.41, 5.74) is 0.604. The molecule has 1 aromatic rings. The van der Waals surface area contributed by atoms with Gasteiger partial charge < -0.3 is 10.6 Å². The molecule has 2 N–H and O–H groups in total. The zero-order valence-corrected chi connectivity index (χ0v) is 11.9. The Morgan fingerprint density at radius 3 is 2.39 bits per heavy atom. The van der Waals surface area contributed by atoms with Crippen LogP contribution in [0.5, 0.6) is 0 Å². The number of benzene rings is 1. The first-order valence-corrected chi connectivity index (χ1v) is 6.77. The summed E-state index contributed by atoms with van der Waals surface area (Å²) in [6.07, 6.45) is 3.03. The molecule has 0 bridgehead atoms. The first-order chi connectivity index (χ1) is 8.63. The van der Waals surface area contributed by atoms with Crippen LogP contribution in [-0.4, -0.2) is 18.4 Å². The van der Waals surface area contributed by atoms with E-state index in [0.717, 1.165) is 23.7 Å². The number of hydrogen-bond acceptors (Lipinski definition) is 2. The van der Waals surface area contributed by atoms with Crippen molar-refractivity contribution >= 4 is 33.4 Å². The van der Waals surface area contributed by atoms with Gasteiger partial charge >= 0.3 is 11.8 Å². The fraction of sp³-hybridized carbons (Fsp3) is 0.385. The molecule has 0 unspecified atom stereocenters. The maximum atomic E-state index is 11.5. The van der Waals surface area contributed by atoms with E-state index in [1.54, 1.807) is 24.3 Å². The van der Waals surface area contributed by atoms with Crippen molar-refractivity contribution in [1.82, 2.24) is 5.32 Å². The van der Waals surface area contributed by atoms with Gasteiger partial charge in [0.25, 0.3) is 0 Å². The lowest BCUT2D eigenvalue weighted by Gasteiger charge is -2.06. The van der Waals surface area contributed by atoms with E-state index in [4.69, 9.17) is 0 Å². The number of carbonyl (C=O) groups is 2. The Morgan fingerprint density at radius 2 is 1.78 bits per heavy atom. The maximum absolute atomic E-state index is 11.5. The van der Waals surface area contributed by atoms with Gasteiger partial charge in [-0.25, -0.2) is 0 Å². The van der Waals surface area contributed by atoms with Gasteiger partial charge in [0.1, 0.15) is 0 Å². The number of amides is 2. The predicted molar refractivity (Wildman–Crippen MR) is 75.3 cm³/mol. The second-order valence-electron chi connectivity index (χ2n) is 3.92. The minimum atomic E-state index is -0.631. The number of carbonyl (C=O) groups excluding carboxylic acids is 2. The van der Waals surface area contributed by atoms with Crippen LogP contribution in [0.1, 0.15) is 26.2 Å². The monoisotopic (exact) mass is 312 g/mol. The molecule has 0 radical (unpaired) electrons. The molecule has 1 rings (SSSR count). The molecule has 0 aliphatic heterocycles. The third-order valence-electron chi connectivity index (χ3n) is 2.37. The number of anilines is 1. The second-order valence-corrected chi connectivity index (χ2v) is 4.84. The van der Waals surface area contributed by atoms with Gasteiger partial charge in [0.15, 0.2) is 0 Å². The third-order valence-corrected chi connectivity index (χ3v) is 2.90. The maximum Gasteiger partial charge on any atom is 0.313 e. The molecule has 0 spiro atoms. The van der Waals surface area contributed by atoms with Crippen molar-refractivity contribution in [2.24, 2.45) is 0 Å². The summed E-state index contributed by atoms with van der Waals surface area (Å²) in [6.45, 7) is 2.63. The minimum absolute atomic E-state index is 0.542. The van der Waals surface area contributed by atoms with E-state index >= 15 is 0 Å². The van der Waals surface area contributed by atoms with Crippen molar-refractivity contribution in [3.63, 3.8) is 0 Å². The molecular formula is C13H17BrN2O2. The van der Waals surface area contributed by atoms with Crippen LogP contribution in [0.15, 0.2) is 28.7 Å². The van der Waals surface area contributed by atoms with Gasteiger partial charge in [0, 0.05) is 16.7 Å². The lowest BCUT2D eigenvalue weighted by molar-refractivity contribution is -0.136. The Labute approximate surface area is 115 Å². The van der Waals surface area contributed by atoms with Crippen molar-refractivity contribution in [3.8, 4) is 0 Å². The first-order valence-electron chi connectivity index (χ1n) is 5.98. The van der Waals surface area contributed by atoms with E-state index in [1.165, 1.54) is 0 Å². The topological polar surface area (TPSA) is 58.2 Å². The quantitative estimate of drug-likeness (QED) is 0.648. The standard InChI is InChI=1S/C13H17BrN2O2/c1-2-3-4-9-15-12(17)13(18)16-11-7-5-10(14)6-8-11/h5-8H,2-4,9H2,1H3,(H,15,17)(H,16,18). The molecule has 0 aliphatic carbocycles. The SMILES string of the molecule is CCCCCNC(=O)C(=O)Nc1ccc(Br)cc1. The highest BCUT2D eigenvalue weighted by molar-refractivity contribution is 9.10. The van der Waals surface area contributed by atoms with Gasteiger partial charge in [-0.3, -0.25) is 9.59 Å². The fourth-order valence-electron chi connectivity index (χ4n) is 1.38. The van der Waals surface area contributed by atoms with Crippen LogP contribution in [0, 0.1) is 0 Å². The lowest BCUT2D eigenvalue weighted by Crippen LogP contribution is -2.35. The average molecular weight is 313 g/mol.